The smallest absolute Gasteiger partial charge is 0.227 e. The molecule has 7 heteroatoms. The average Bonchev–Trinajstić information content (AvgIpc) is 3.99. The van der Waals surface area contributed by atoms with E-state index in [-0.39, 0.29) is 0 Å². The summed E-state index contributed by atoms with van der Waals surface area (Å²) in [6, 6.07) is 60.0. The summed E-state index contributed by atoms with van der Waals surface area (Å²) in [6.07, 6.45) is 0. The van der Waals surface area contributed by atoms with Crippen molar-refractivity contribution in [2.75, 3.05) is 0 Å². The van der Waals surface area contributed by atoms with Crippen LogP contribution in [0.3, 0.4) is 0 Å². The summed E-state index contributed by atoms with van der Waals surface area (Å²) < 4.78 is 15.1. The van der Waals surface area contributed by atoms with Gasteiger partial charge in [-0.25, -0.2) is 19.9 Å². The van der Waals surface area contributed by atoms with Crippen molar-refractivity contribution >= 4 is 65.6 Å². The summed E-state index contributed by atoms with van der Waals surface area (Å²) in [6.45, 7) is 0. The van der Waals surface area contributed by atoms with Crippen LogP contribution in [0.1, 0.15) is 0 Å². The second-order valence-corrected chi connectivity index (χ2v) is 14.2. The van der Waals surface area contributed by atoms with Crippen LogP contribution >= 0.6 is 0 Å². The summed E-state index contributed by atoms with van der Waals surface area (Å²) >= 11 is 0. The SMILES string of the molecule is c1ccc(-c2nc(-c3ccc4ccc5oc6ccc7oc(-c8ccccc8)nc7c6c5c4c3)nc(-c3ccc4c5ccccc5n(-c5ccccc5)c4c3)n2)cc1. The standard InChI is InChI=1S/C50H29N5O2/c1-4-12-31(13-5-1)47-52-48(54-49(53-47)34-22-24-37-36-18-10-11-19-39(36)55(40(37)29-34)35-16-8-3-9-17-35)33-21-20-30-23-25-41-44(38(30)28-33)45-42(56-41)26-27-43-46(45)51-50(57-43)32-14-6-2-7-15-32/h1-29H. The predicted octanol–water partition coefficient (Wildman–Crippen LogP) is 12.8. The summed E-state index contributed by atoms with van der Waals surface area (Å²) in [5.74, 6) is 2.34. The van der Waals surface area contributed by atoms with Crippen LogP contribution < -0.4 is 0 Å². The van der Waals surface area contributed by atoms with Gasteiger partial charge < -0.3 is 13.4 Å². The highest BCUT2D eigenvalue weighted by atomic mass is 16.4. The first kappa shape index (κ1) is 31.5. The van der Waals surface area contributed by atoms with E-state index in [1.165, 1.54) is 10.8 Å². The molecule has 8 aromatic carbocycles. The lowest BCUT2D eigenvalue weighted by Gasteiger charge is -2.11. The van der Waals surface area contributed by atoms with Crippen LogP contribution in [0.25, 0.3) is 117 Å². The van der Waals surface area contributed by atoms with E-state index in [1.54, 1.807) is 0 Å². The Morgan fingerprint density at radius 1 is 0.368 bits per heavy atom. The molecule has 12 rings (SSSR count). The van der Waals surface area contributed by atoms with Gasteiger partial charge in [-0.05, 0) is 71.4 Å². The van der Waals surface area contributed by atoms with E-state index in [1.807, 2.05) is 84.9 Å². The van der Waals surface area contributed by atoms with Gasteiger partial charge in [-0.15, -0.1) is 0 Å². The van der Waals surface area contributed by atoms with E-state index >= 15 is 0 Å². The van der Waals surface area contributed by atoms with Crippen LogP contribution in [0.15, 0.2) is 185 Å². The van der Waals surface area contributed by atoms with Gasteiger partial charge in [0.25, 0.3) is 0 Å². The Bertz CT molecular complexity index is 3510. The van der Waals surface area contributed by atoms with Crippen LogP contribution in [-0.4, -0.2) is 24.5 Å². The van der Waals surface area contributed by atoms with Gasteiger partial charge >= 0.3 is 0 Å². The number of benzene rings is 8. The molecule has 0 atom stereocenters. The summed E-state index contributed by atoms with van der Waals surface area (Å²) in [4.78, 5) is 20.4. The Morgan fingerprint density at radius 3 is 1.74 bits per heavy atom. The molecule has 0 amide bonds. The number of hydrogen-bond donors (Lipinski definition) is 0. The molecule has 7 nitrogen and oxygen atoms in total. The third kappa shape index (κ3) is 4.99. The molecule has 0 saturated carbocycles. The number of fused-ring (bicyclic) bond motifs is 10. The summed E-state index contributed by atoms with van der Waals surface area (Å²) in [5.41, 5.74) is 9.90. The van der Waals surface area contributed by atoms with Crippen molar-refractivity contribution in [3.8, 4) is 51.3 Å². The van der Waals surface area contributed by atoms with Crippen molar-refractivity contribution in [2.45, 2.75) is 0 Å². The molecule has 0 aliphatic heterocycles. The van der Waals surface area contributed by atoms with E-state index in [9.17, 15) is 0 Å². The van der Waals surface area contributed by atoms with Crippen LogP contribution in [0.4, 0.5) is 0 Å². The van der Waals surface area contributed by atoms with Gasteiger partial charge in [0.2, 0.25) is 5.89 Å². The quantitative estimate of drug-likeness (QED) is 0.175. The molecule has 0 unspecified atom stereocenters. The lowest BCUT2D eigenvalue weighted by atomic mass is 10.0. The second-order valence-electron chi connectivity index (χ2n) is 14.2. The predicted molar refractivity (Wildman–Crippen MR) is 228 cm³/mol. The van der Waals surface area contributed by atoms with Gasteiger partial charge in [-0.2, -0.15) is 0 Å². The van der Waals surface area contributed by atoms with Crippen molar-refractivity contribution in [1.82, 2.24) is 24.5 Å². The topological polar surface area (TPSA) is 82.8 Å². The van der Waals surface area contributed by atoms with E-state index in [0.29, 0.717) is 28.9 Å². The van der Waals surface area contributed by atoms with E-state index in [4.69, 9.17) is 28.8 Å². The lowest BCUT2D eigenvalue weighted by Crippen LogP contribution is -2.00. The molecule has 0 aliphatic rings. The number of para-hydroxylation sites is 2. The van der Waals surface area contributed by atoms with Gasteiger partial charge in [0.15, 0.2) is 23.1 Å². The van der Waals surface area contributed by atoms with Gasteiger partial charge in [-0.3, -0.25) is 0 Å². The lowest BCUT2D eigenvalue weighted by molar-refractivity contribution is 0.619. The van der Waals surface area contributed by atoms with Crippen LogP contribution in [0.2, 0.25) is 0 Å². The first-order valence-corrected chi connectivity index (χ1v) is 18.9. The minimum Gasteiger partial charge on any atom is -0.456 e. The van der Waals surface area contributed by atoms with Crippen LogP contribution in [-0.2, 0) is 0 Å². The Labute approximate surface area is 325 Å². The maximum atomic E-state index is 6.46. The highest BCUT2D eigenvalue weighted by Gasteiger charge is 2.20. The van der Waals surface area contributed by atoms with Gasteiger partial charge in [0, 0.05) is 44.1 Å². The fourth-order valence-corrected chi connectivity index (χ4v) is 8.22. The van der Waals surface area contributed by atoms with E-state index in [2.05, 4.69) is 95.6 Å². The number of aromatic nitrogens is 5. The summed E-state index contributed by atoms with van der Waals surface area (Å²) in [5, 5.41) is 6.32. The third-order valence-electron chi connectivity index (χ3n) is 10.9. The number of nitrogens with zero attached hydrogens (tertiary/aromatic N) is 5. The molecule has 266 valence electrons. The molecule has 0 bridgehead atoms. The van der Waals surface area contributed by atoms with Crippen molar-refractivity contribution < 1.29 is 8.83 Å². The first-order chi connectivity index (χ1) is 28.2. The van der Waals surface area contributed by atoms with Gasteiger partial charge in [0.05, 0.1) is 16.4 Å². The zero-order valence-corrected chi connectivity index (χ0v) is 30.3. The number of oxazole rings is 1. The molecular formula is C50H29N5O2. The maximum absolute atomic E-state index is 6.46. The molecule has 0 N–H and O–H groups in total. The number of rotatable bonds is 5. The molecule has 0 fully saturated rings. The number of hydrogen-bond acceptors (Lipinski definition) is 6. The molecule has 57 heavy (non-hydrogen) atoms. The van der Waals surface area contributed by atoms with Crippen molar-refractivity contribution in [3.63, 3.8) is 0 Å². The highest BCUT2D eigenvalue weighted by Crippen LogP contribution is 2.41. The van der Waals surface area contributed by atoms with E-state index < -0.39 is 0 Å². The molecule has 0 spiro atoms. The highest BCUT2D eigenvalue weighted by molar-refractivity contribution is 6.25. The minimum absolute atomic E-state index is 0.571. The van der Waals surface area contributed by atoms with Crippen LogP contribution in [0.5, 0.6) is 0 Å². The van der Waals surface area contributed by atoms with Gasteiger partial charge in [-0.1, -0.05) is 115 Å². The molecule has 4 heterocycles. The minimum atomic E-state index is 0.571. The van der Waals surface area contributed by atoms with E-state index in [0.717, 1.165) is 77.2 Å². The third-order valence-corrected chi connectivity index (χ3v) is 10.9. The Morgan fingerprint density at radius 2 is 0.947 bits per heavy atom. The largest absolute Gasteiger partial charge is 0.456 e. The van der Waals surface area contributed by atoms with Gasteiger partial charge in [0.1, 0.15) is 16.7 Å². The second kappa shape index (κ2) is 12.3. The molecular weight excluding hydrogens is 703 g/mol. The normalized spacial score (nSPS) is 11.9. The zero-order chi connectivity index (χ0) is 37.5. The Hall–Kier alpha value is -7.90. The molecule has 12 aromatic rings. The fraction of sp³-hybridized carbons (Fsp3) is 0. The zero-order valence-electron chi connectivity index (χ0n) is 30.3. The molecule has 4 aromatic heterocycles. The Kier molecular flexibility index (Phi) is 6.79. The Balaban J connectivity index is 1.08. The van der Waals surface area contributed by atoms with Crippen molar-refractivity contribution in [2.24, 2.45) is 0 Å². The van der Waals surface area contributed by atoms with Crippen LogP contribution in [0, 0.1) is 0 Å². The number of furan rings is 1. The molecule has 0 radical (unpaired) electrons. The summed E-state index contributed by atoms with van der Waals surface area (Å²) in [7, 11) is 0. The molecule has 0 aliphatic carbocycles. The fourth-order valence-electron chi connectivity index (χ4n) is 8.22. The van der Waals surface area contributed by atoms with Crippen molar-refractivity contribution in [1.29, 1.82) is 0 Å². The average molecular weight is 732 g/mol. The maximum Gasteiger partial charge on any atom is 0.227 e. The first-order valence-electron chi connectivity index (χ1n) is 18.9. The molecule has 0 saturated heterocycles. The monoisotopic (exact) mass is 731 g/mol. The van der Waals surface area contributed by atoms with Crippen molar-refractivity contribution in [3.05, 3.63) is 176 Å².